The lowest BCUT2D eigenvalue weighted by atomic mass is 10.1. The molecule has 4 rings (SSSR count). The molecule has 0 radical (unpaired) electrons. The van der Waals surface area contributed by atoms with E-state index in [4.69, 9.17) is 23.7 Å². The van der Waals surface area contributed by atoms with E-state index in [1.165, 1.54) is 6.42 Å². The summed E-state index contributed by atoms with van der Waals surface area (Å²) in [6.07, 6.45) is 3.96. The van der Waals surface area contributed by atoms with Crippen molar-refractivity contribution >= 4 is 22.6 Å². The molecule has 0 aromatic heterocycles. The summed E-state index contributed by atoms with van der Waals surface area (Å²) >= 11 is 2.36. The largest absolute Gasteiger partial charge is 0.489 e. The van der Waals surface area contributed by atoms with Crippen molar-refractivity contribution in [3.8, 4) is 11.5 Å². The van der Waals surface area contributed by atoms with Gasteiger partial charge in [-0.25, -0.2) is 0 Å². The van der Waals surface area contributed by atoms with Crippen LogP contribution >= 0.6 is 22.6 Å². The first-order chi connectivity index (χ1) is 17.3. The quantitative estimate of drug-likeness (QED) is 0.167. The van der Waals surface area contributed by atoms with E-state index >= 15 is 0 Å². The fourth-order valence-electron chi connectivity index (χ4n) is 3.84. The Balaban J connectivity index is 1.34. The molecule has 1 unspecified atom stereocenters. The second-order valence-corrected chi connectivity index (χ2v) is 9.55. The first kappa shape index (κ1) is 25.9. The molecule has 3 aromatic carbocycles. The summed E-state index contributed by atoms with van der Waals surface area (Å²) in [7, 11) is 0. The van der Waals surface area contributed by atoms with E-state index in [1.807, 2.05) is 42.5 Å². The highest BCUT2D eigenvalue weighted by molar-refractivity contribution is 14.1. The Kier molecular flexibility index (Phi) is 10.7. The molecule has 35 heavy (non-hydrogen) atoms. The van der Waals surface area contributed by atoms with Gasteiger partial charge in [-0.05, 0) is 71.0 Å². The van der Waals surface area contributed by atoms with E-state index < -0.39 is 0 Å². The van der Waals surface area contributed by atoms with Crippen molar-refractivity contribution in [2.24, 2.45) is 0 Å². The van der Waals surface area contributed by atoms with Crippen LogP contribution in [-0.4, -0.2) is 32.7 Å². The second-order valence-electron chi connectivity index (χ2n) is 8.47. The molecule has 0 saturated carbocycles. The summed E-state index contributed by atoms with van der Waals surface area (Å²) in [5.41, 5.74) is 3.41. The van der Waals surface area contributed by atoms with Gasteiger partial charge >= 0.3 is 0 Å². The van der Waals surface area contributed by atoms with Crippen molar-refractivity contribution in [3.05, 3.63) is 93.1 Å². The number of halogens is 1. The summed E-state index contributed by atoms with van der Waals surface area (Å²) < 4.78 is 30.6. The van der Waals surface area contributed by atoms with Gasteiger partial charge in [0, 0.05) is 12.7 Å². The molecule has 186 valence electrons. The third-order valence-electron chi connectivity index (χ3n) is 5.76. The topological polar surface area (TPSA) is 46.2 Å². The molecular weight excluding hydrogens is 555 g/mol. The number of hydrogen-bond acceptors (Lipinski definition) is 5. The molecule has 1 aliphatic heterocycles. The van der Waals surface area contributed by atoms with Crippen LogP contribution in [0.1, 0.15) is 36.0 Å². The molecule has 5 nitrogen and oxygen atoms in total. The SMILES string of the molecule is Ic1c(CCOCCOC2CCCCO2)cc(OCc2ccccc2)cc1OCc1ccccc1. The van der Waals surface area contributed by atoms with E-state index in [1.54, 1.807) is 0 Å². The van der Waals surface area contributed by atoms with Crippen LogP contribution in [0.25, 0.3) is 0 Å². The molecule has 0 amide bonds. The average Bonchev–Trinajstić information content (AvgIpc) is 2.91. The number of benzene rings is 3. The lowest BCUT2D eigenvalue weighted by Gasteiger charge is -2.22. The minimum absolute atomic E-state index is 0.0731. The zero-order valence-electron chi connectivity index (χ0n) is 20.0. The van der Waals surface area contributed by atoms with Gasteiger partial charge in [-0.2, -0.15) is 0 Å². The standard InChI is InChI=1S/C29H33IO5/c30-29-25(14-16-31-17-18-33-28-13-7-8-15-32-28)19-26(34-21-23-9-3-1-4-10-23)20-27(29)35-22-24-11-5-2-6-12-24/h1-6,9-12,19-20,28H,7-8,13-18,21-22H2. The normalized spacial score (nSPS) is 15.6. The highest BCUT2D eigenvalue weighted by Crippen LogP contribution is 2.32. The van der Waals surface area contributed by atoms with Crippen molar-refractivity contribution < 1.29 is 23.7 Å². The van der Waals surface area contributed by atoms with E-state index in [0.717, 1.165) is 57.6 Å². The van der Waals surface area contributed by atoms with Gasteiger partial charge in [0.1, 0.15) is 24.7 Å². The van der Waals surface area contributed by atoms with Crippen molar-refractivity contribution in [2.75, 3.05) is 26.4 Å². The molecule has 0 spiro atoms. The average molecular weight is 588 g/mol. The Morgan fingerprint density at radius 2 is 1.51 bits per heavy atom. The molecule has 1 saturated heterocycles. The van der Waals surface area contributed by atoms with Crippen LogP contribution in [0.2, 0.25) is 0 Å². The van der Waals surface area contributed by atoms with Crippen molar-refractivity contribution in [2.45, 2.75) is 45.2 Å². The second kappa shape index (κ2) is 14.4. The Morgan fingerprint density at radius 1 is 0.800 bits per heavy atom. The van der Waals surface area contributed by atoms with Crippen molar-refractivity contribution in [3.63, 3.8) is 0 Å². The highest BCUT2D eigenvalue weighted by atomic mass is 127. The molecule has 1 aliphatic rings. The number of hydrogen-bond donors (Lipinski definition) is 0. The predicted molar refractivity (Wildman–Crippen MR) is 145 cm³/mol. The molecular formula is C29H33IO5. The lowest BCUT2D eigenvalue weighted by molar-refractivity contribution is -0.168. The fourth-order valence-corrected chi connectivity index (χ4v) is 4.58. The third-order valence-corrected chi connectivity index (χ3v) is 6.98. The first-order valence-corrected chi connectivity index (χ1v) is 13.3. The van der Waals surface area contributed by atoms with Crippen LogP contribution in [-0.2, 0) is 33.8 Å². The first-order valence-electron chi connectivity index (χ1n) is 12.2. The third kappa shape index (κ3) is 8.79. The minimum atomic E-state index is -0.0731. The van der Waals surface area contributed by atoms with E-state index in [0.29, 0.717) is 33.0 Å². The van der Waals surface area contributed by atoms with Crippen LogP contribution in [0.5, 0.6) is 11.5 Å². The van der Waals surface area contributed by atoms with Crippen molar-refractivity contribution in [1.29, 1.82) is 0 Å². The van der Waals surface area contributed by atoms with Crippen LogP contribution in [0.4, 0.5) is 0 Å². The molecule has 1 heterocycles. The Labute approximate surface area is 221 Å². The Hall–Kier alpha value is -2.13. The van der Waals surface area contributed by atoms with Gasteiger partial charge in [0.25, 0.3) is 0 Å². The maximum Gasteiger partial charge on any atom is 0.157 e. The maximum absolute atomic E-state index is 6.21. The summed E-state index contributed by atoms with van der Waals surface area (Å²) in [5, 5.41) is 0. The highest BCUT2D eigenvalue weighted by Gasteiger charge is 2.14. The summed E-state index contributed by atoms with van der Waals surface area (Å²) in [4.78, 5) is 0. The summed E-state index contributed by atoms with van der Waals surface area (Å²) in [6.45, 7) is 3.52. The van der Waals surface area contributed by atoms with Gasteiger partial charge < -0.3 is 23.7 Å². The minimum Gasteiger partial charge on any atom is -0.489 e. The van der Waals surface area contributed by atoms with E-state index in [2.05, 4.69) is 52.9 Å². The smallest absolute Gasteiger partial charge is 0.157 e. The molecule has 0 aliphatic carbocycles. The molecule has 6 heteroatoms. The zero-order chi connectivity index (χ0) is 24.1. The number of ether oxygens (including phenoxy) is 5. The molecule has 3 aromatic rings. The summed E-state index contributed by atoms with van der Waals surface area (Å²) in [6, 6.07) is 24.4. The Bertz CT molecular complexity index is 1010. The molecule has 1 atom stereocenters. The van der Waals surface area contributed by atoms with Gasteiger partial charge in [0.2, 0.25) is 0 Å². The molecule has 1 fully saturated rings. The van der Waals surface area contributed by atoms with Crippen LogP contribution in [0, 0.1) is 3.57 Å². The maximum atomic E-state index is 6.21. The Morgan fingerprint density at radius 3 is 2.20 bits per heavy atom. The van der Waals surface area contributed by atoms with Gasteiger partial charge in [0.05, 0.1) is 23.4 Å². The van der Waals surface area contributed by atoms with Crippen LogP contribution in [0.15, 0.2) is 72.8 Å². The van der Waals surface area contributed by atoms with Gasteiger partial charge in [0.15, 0.2) is 6.29 Å². The fraction of sp³-hybridized carbons (Fsp3) is 0.379. The summed E-state index contributed by atoms with van der Waals surface area (Å²) in [5.74, 6) is 1.62. The van der Waals surface area contributed by atoms with Crippen LogP contribution < -0.4 is 9.47 Å². The predicted octanol–water partition coefficient (Wildman–Crippen LogP) is 6.55. The van der Waals surface area contributed by atoms with Gasteiger partial charge in [-0.1, -0.05) is 60.7 Å². The van der Waals surface area contributed by atoms with E-state index in [9.17, 15) is 0 Å². The zero-order valence-corrected chi connectivity index (χ0v) is 22.2. The van der Waals surface area contributed by atoms with Gasteiger partial charge in [-0.15, -0.1) is 0 Å². The van der Waals surface area contributed by atoms with E-state index in [-0.39, 0.29) is 6.29 Å². The molecule has 0 N–H and O–H groups in total. The monoisotopic (exact) mass is 588 g/mol. The van der Waals surface area contributed by atoms with Crippen molar-refractivity contribution in [1.82, 2.24) is 0 Å². The molecule has 0 bridgehead atoms. The van der Waals surface area contributed by atoms with Gasteiger partial charge in [-0.3, -0.25) is 0 Å². The van der Waals surface area contributed by atoms with Crippen LogP contribution in [0.3, 0.4) is 0 Å². The number of rotatable bonds is 13. The lowest BCUT2D eigenvalue weighted by Crippen LogP contribution is -2.24.